The number of hydrogen-bond donors (Lipinski definition) is 2. The third kappa shape index (κ3) is 3.75. The molecule has 0 aromatic heterocycles. The summed E-state index contributed by atoms with van der Waals surface area (Å²) in [7, 11) is 0. The van der Waals surface area contributed by atoms with E-state index in [1.165, 1.54) is 12.1 Å². The second-order valence-corrected chi connectivity index (χ2v) is 5.41. The van der Waals surface area contributed by atoms with Crippen LogP contribution in [0.2, 0.25) is 0 Å². The molecule has 21 heavy (non-hydrogen) atoms. The molecule has 0 aliphatic carbocycles. The minimum atomic E-state index is -4.58. The second kappa shape index (κ2) is 5.76. The molecule has 0 radical (unpaired) electrons. The van der Waals surface area contributed by atoms with Gasteiger partial charge in [-0.15, -0.1) is 0 Å². The Kier molecular flexibility index (Phi) is 4.21. The number of thioether (sulfide) groups is 1. The number of aliphatic imine (C=N–C) groups is 1. The molecule has 0 fully saturated rings. The minimum Gasteiger partial charge on any atom is -0.378 e. The first-order valence-electron chi connectivity index (χ1n) is 5.78. The third-order valence-electron chi connectivity index (χ3n) is 2.64. The van der Waals surface area contributed by atoms with Crippen LogP contribution in [0.4, 0.5) is 18.9 Å². The molecule has 2 rings (SSSR count). The molecule has 1 unspecified atom stereocenters. The van der Waals surface area contributed by atoms with Crippen LogP contribution in [0.25, 0.3) is 0 Å². The van der Waals surface area contributed by atoms with E-state index in [2.05, 4.69) is 10.3 Å². The van der Waals surface area contributed by atoms with Crippen molar-refractivity contribution < 1.29 is 22.8 Å². The van der Waals surface area contributed by atoms with Crippen LogP contribution < -0.4 is 11.1 Å². The lowest BCUT2D eigenvalue weighted by Gasteiger charge is -2.19. The number of anilines is 1. The summed E-state index contributed by atoms with van der Waals surface area (Å²) in [5.41, 5.74) is 4.07. The molecule has 9 heteroatoms. The van der Waals surface area contributed by atoms with Crippen molar-refractivity contribution >= 4 is 34.4 Å². The number of para-hydroxylation sites is 1. The zero-order valence-corrected chi connectivity index (χ0v) is 11.3. The number of amidine groups is 1. The monoisotopic (exact) mass is 317 g/mol. The first kappa shape index (κ1) is 15.4. The van der Waals surface area contributed by atoms with Crippen LogP contribution in [0.15, 0.2) is 29.3 Å². The predicted molar refractivity (Wildman–Crippen MR) is 72.7 cm³/mol. The predicted octanol–water partition coefficient (Wildman–Crippen LogP) is 1.99. The highest BCUT2D eigenvalue weighted by Gasteiger charge is 2.35. The molecule has 3 N–H and O–H groups in total. The van der Waals surface area contributed by atoms with Gasteiger partial charge in [0.2, 0.25) is 11.8 Å². The molecule has 1 aromatic carbocycles. The van der Waals surface area contributed by atoms with Crippen LogP contribution in [-0.2, 0) is 15.8 Å². The van der Waals surface area contributed by atoms with Crippen molar-refractivity contribution in [1.82, 2.24) is 0 Å². The van der Waals surface area contributed by atoms with Crippen molar-refractivity contribution in [2.75, 3.05) is 5.32 Å². The van der Waals surface area contributed by atoms with Gasteiger partial charge >= 0.3 is 6.18 Å². The second-order valence-electron chi connectivity index (χ2n) is 4.19. The summed E-state index contributed by atoms with van der Waals surface area (Å²) in [6.45, 7) is 0. The summed E-state index contributed by atoms with van der Waals surface area (Å²) >= 11 is 0.844. The van der Waals surface area contributed by atoms with E-state index in [0.717, 1.165) is 23.9 Å². The number of nitrogens with one attached hydrogen (secondary N) is 1. The molecule has 0 bridgehead atoms. The van der Waals surface area contributed by atoms with Gasteiger partial charge in [-0.1, -0.05) is 23.9 Å². The lowest BCUT2D eigenvalue weighted by Crippen LogP contribution is -2.33. The van der Waals surface area contributed by atoms with Crippen LogP contribution in [0.1, 0.15) is 12.0 Å². The van der Waals surface area contributed by atoms with Crippen LogP contribution in [-0.4, -0.2) is 22.2 Å². The highest BCUT2D eigenvalue weighted by atomic mass is 32.2. The Hall–Kier alpha value is -2.03. The Morgan fingerprint density at radius 3 is 2.67 bits per heavy atom. The number of rotatable bonds is 2. The molecule has 0 saturated carbocycles. The van der Waals surface area contributed by atoms with E-state index >= 15 is 0 Å². The Morgan fingerprint density at radius 2 is 2.05 bits per heavy atom. The maximum Gasteiger partial charge on any atom is 0.418 e. The van der Waals surface area contributed by atoms with Gasteiger partial charge in [0.1, 0.15) is 5.25 Å². The van der Waals surface area contributed by atoms with Crippen LogP contribution >= 0.6 is 11.8 Å². The van der Waals surface area contributed by atoms with E-state index in [0.29, 0.717) is 0 Å². The summed E-state index contributed by atoms with van der Waals surface area (Å²) in [6.07, 6.45) is -4.79. The van der Waals surface area contributed by atoms with Crippen molar-refractivity contribution in [2.24, 2.45) is 10.7 Å². The van der Waals surface area contributed by atoms with Gasteiger partial charge in [-0.25, -0.2) is 0 Å². The number of alkyl halides is 3. The molecule has 112 valence electrons. The van der Waals surface area contributed by atoms with Gasteiger partial charge in [0.15, 0.2) is 5.17 Å². The normalized spacial score (nSPS) is 19.1. The standard InChI is InChI=1S/C12H10F3N3O2S/c13-12(14,15)6-3-1-2-4-7(6)17-10(20)8-5-9(19)18-11(16)21-8/h1-4,8H,5H2,(H,17,20)(H2,16,18,19). The van der Waals surface area contributed by atoms with E-state index < -0.39 is 28.8 Å². The number of halogens is 3. The number of hydrogen-bond acceptors (Lipinski definition) is 4. The summed E-state index contributed by atoms with van der Waals surface area (Å²) < 4.78 is 38.4. The summed E-state index contributed by atoms with van der Waals surface area (Å²) in [6, 6.07) is 4.61. The van der Waals surface area contributed by atoms with Gasteiger partial charge in [-0.05, 0) is 12.1 Å². The summed E-state index contributed by atoms with van der Waals surface area (Å²) in [4.78, 5) is 26.6. The molecule has 2 amide bonds. The summed E-state index contributed by atoms with van der Waals surface area (Å²) in [5, 5.41) is 1.22. The van der Waals surface area contributed by atoms with E-state index in [9.17, 15) is 22.8 Å². The fourth-order valence-corrected chi connectivity index (χ4v) is 2.58. The van der Waals surface area contributed by atoms with E-state index in [1.807, 2.05) is 0 Å². The quantitative estimate of drug-likeness (QED) is 0.873. The lowest BCUT2D eigenvalue weighted by atomic mass is 10.1. The fraction of sp³-hybridized carbons (Fsp3) is 0.250. The van der Waals surface area contributed by atoms with Gasteiger partial charge in [-0.3, -0.25) is 9.59 Å². The van der Waals surface area contributed by atoms with Crippen molar-refractivity contribution in [3.8, 4) is 0 Å². The number of amides is 2. The van der Waals surface area contributed by atoms with E-state index in [-0.39, 0.29) is 17.3 Å². The van der Waals surface area contributed by atoms with Crippen molar-refractivity contribution in [3.63, 3.8) is 0 Å². The van der Waals surface area contributed by atoms with E-state index in [4.69, 9.17) is 5.73 Å². The average molecular weight is 317 g/mol. The van der Waals surface area contributed by atoms with Crippen molar-refractivity contribution in [2.45, 2.75) is 17.8 Å². The smallest absolute Gasteiger partial charge is 0.378 e. The molecular weight excluding hydrogens is 307 g/mol. The molecule has 5 nitrogen and oxygen atoms in total. The average Bonchev–Trinajstić information content (AvgIpc) is 2.37. The highest BCUT2D eigenvalue weighted by Crippen LogP contribution is 2.35. The Balaban J connectivity index is 2.18. The van der Waals surface area contributed by atoms with Gasteiger partial charge < -0.3 is 11.1 Å². The summed E-state index contributed by atoms with van der Waals surface area (Å²) in [5.74, 6) is -1.29. The van der Waals surface area contributed by atoms with Gasteiger partial charge in [0.25, 0.3) is 0 Å². The number of nitrogens with zero attached hydrogens (tertiary/aromatic N) is 1. The third-order valence-corrected chi connectivity index (χ3v) is 3.64. The van der Waals surface area contributed by atoms with Crippen molar-refractivity contribution in [3.05, 3.63) is 29.8 Å². The van der Waals surface area contributed by atoms with Crippen LogP contribution in [0.5, 0.6) is 0 Å². The van der Waals surface area contributed by atoms with Crippen LogP contribution in [0, 0.1) is 0 Å². The lowest BCUT2D eigenvalue weighted by molar-refractivity contribution is -0.137. The molecular formula is C12H10F3N3O2S. The van der Waals surface area contributed by atoms with Gasteiger partial charge in [-0.2, -0.15) is 18.2 Å². The molecule has 0 saturated heterocycles. The highest BCUT2D eigenvalue weighted by molar-refractivity contribution is 8.15. The van der Waals surface area contributed by atoms with Crippen LogP contribution in [0.3, 0.4) is 0 Å². The van der Waals surface area contributed by atoms with Gasteiger partial charge in [0, 0.05) is 0 Å². The number of carbonyl (C=O) groups is 2. The Morgan fingerprint density at radius 1 is 1.38 bits per heavy atom. The molecule has 0 spiro atoms. The Bertz CT molecular complexity index is 616. The molecule has 1 atom stereocenters. The largest absolute Gasteiger partial charge is 0.418 e. The Labute approximate surface area is 121 Å². The zero-order chi connectivity index (χ0) is 15.6. The molecule has 1 heterocycles. The zero-order valence-electron chi connectivity index (χ0n) is 10.5. The first-order chi connectivity index (χ1) is 9.77. The molecule has 1 aliphatic rings. The maximum atomic E-state index is 12.8. The maximum absolute atomic E-state index is 12.8. The first-order valence-corrected chi connectivity index (χ1v) is 6.66. The van der Waals surface area contributed by atoms with E-state index in [1.54, 1.807) is 0 Å². The molecule has 1 aromatic rings. The van der Waals surface area contributed by atoms with Gasteiger partial charge in [0.05, 0.1) is 17.7 Å². The van der Waals surface area contributed by atoms with Crippen molar-refractivity contribution in [1.29, 1.82) is 0 Å². The minimum absolute atomic E-state index is 0.0736. The number of nitrogens with two attached hydrogens (primary N) is 1. The topological polar surface area (TPSA) is 84.5 Å². The SMILES string of the molecule is NC1=NC(=O)CC(C(=O)Nc2ccccc2C(F)(F)F)S1. The number of benzene rings is 1. The fourth-order valence-electron chi connectivity index (χ4n) is 1.74. The molecule has 1 aliphatic heterocycles. The number of carbonyl (C=O) groups excluding carboxylic acids is 2.